The summed E-state index contributed by atoms with van der Waals surface area (Å²) in [6, 6.07) is 0. The van der Waals surface area contributed by atoms with Crippen LogP contribution in [0.3, 0.4) is 0 Å². The summed E-state index contributed by atoms with van der Waals surface area (Å²) in [6.45, 7) is 4.24. The van der Waals surface area contributed by atoms with E-state index in [1.54, 1.807) is 7.11 Å². The van der Waals surface area contributed by atoms with Gasteiger partial charge in [0.1, 0.15) is 5.72 Å². The van der Waals surface area contributed by atoms with Gasteiger partial charge in [0.05, 0.1) is 0 Å². The lowest BCUT2D eigenvalue weighted by molar-refractivity contribution is -0.102. The van der Waals surface area contributed by atoms with E-state index in [1.165, 1.54) is 0 Å². The molecular formula is C11H18N2O. The van der Waals surface area contributed by atoms with Crippen molar-refractivity contribution in [1.82, 2.24) is 10.2 Å². The zero-order valence-electron chi connectivity index (χ0n) is 8.70. The zero-order valence-corrected chi connectivity index (χ0v) is 8.70. The van der Waals surface area contributed by atoms with Gasteiger partial charge in [-0.05, 0) is 6.08 Å². The van der Waals surface area contributed by atoms with E-state index in [0.29, 0.717) is 0 Å². The molecule has 2 aliphatic rings. The summed E-state index contributed by atoms with van der Waals surface area (Å²) in [5, 5.41) is 3.36. The van der Waals surface area contributed by atoms with Gasteiger partial charge in [0.15, 0.2) is 0 Å². The van der Waals surface area contributed by atoms with Crippen LogP contribution >= 0.6 is 0 Å². The Morgan fingerprint density at radius 1 is 1.29 bits per heavy atom. The first kappa shape index (κ1) is 9.90. The Hall–Kier alpha value is -0.640. The molecule has 3 heteroatoms. The number of nitrogens with zero attached hydrogens (tertiary/aromatic N) is 1. The van der Waals surface area contributed by atoms with Crippen LogP contribution < -0.4 is 5.32 Å². The molecule has 3 nitrogen and oxygen atoms in total. The van der Waals surface area contributed by atoms with Crippen molar-refractivity contribution in [2.45, 2.75) is 12.1 Å². The van der Waals surface area contributed by atoms with Crippen LogP contribution in [0.15, 0.2) is 24.3 Å². The first-order valence-corrected chi connectivity index (χ1v) is 5.23. The average Bonchev–Trinajstić information content (AvgIpc) is 2.31. The fourth-order valence-electron chi connectivity index (χ4n) is 2.15. The molecule has 2 rings (SSSR count). The van der Waals surface area contributed by atoms with Crippen molar-refractivity contribution in [3.05, 3.63) is 24.3 Å². The van der Waals surface area contributed by atoms with Gasteiger partial charge >= 0.3 is 0 Å². The number of ether oxygens (including phenoxy) is 1. The van der Waals surface area contributed by atoms with Crippen molar-refractivity contribution in [3.63, 3.8) is 0 Å². The maximum atomic E-state index is 5.68. The molecule has 1 saturated heterocycles. The molecular weight excluding hydrogens is 176 g/mol. The van der Waals surface area contributed by atoms with Crippen LogP contribution in [-0.4, -0.2) is 43.9 Å². The van der Waals surface area contributed by atoms with Crippen molar-refractivity contribution in [3.8, 4) is 0 Å². The number of allylic oxidation sites excluding steroid dienone is 2. The number of nitrogens with one attached hydrogen (secondary N) is 1. The van der Waals surface area contributed by atoms with E-state index in [-0.39, 0.29) is 5.72 Å². The minimum Gasteiger partial charge on any atom is -0.360 e. The van der Waals surface area contributed by atoms with Crippen molar-refractivity contribution in [2.24, 2.45) is 0 Å². The summed E-state index contributed by atoms with van der Waals surface area (Å²) in [6.07, 6.45) is 9.46. The molecule has 0 bridgehead atoms. The molecule has 0 aromatic heterocycles. The molecule has 0 amide bonds. The minimum atomic E-state index is -0.184. The van der Waals surface area contributed by atoms with Gasteiger partial charge in [0.25, 0.3) is 0 Å². The van der Waals surface area contributed by atoms with E-state index in [2.05, 4.69) is 34.5 Å². The monoisotopic (exact) mass is 194 g/mol. The maximum absolute atomic E-state index is 5.68. The summed E-state index contributed by atoms with van der Waals surface area (Å²) < 4.78 is 5.68. The minimum absolute atomic E-state index is 0.184. The summed E-state index contributed by atoms with van der Waals surface area (Å²) >= 11 is 0. The van der Waals surface area contributed by atoms with E-state index < -0.39 is 0 Å². The highest BCUT2D eigenvalue weighted by atomic mass is 16.5. The van der Waals surface area contributed by atoms with Gasteiger partial charge in [-0.15, -0.1) is 0 Å². The second-order valence-corrected chi connectivity index (χ2v) is 3.78. The second-order valence-electron chi connectivity index (χ2n) is 3.78. The van der Waals surface area contributed by atoms with E-state index in [0.717, 1.165) is 32.6 Å². The van der Waals surface area contributed by atoms with Gasteiger partial charge in [-0.1, -0.05) is 18.2 Å². The Labute approximate surface area is 85.4 Å². The molecule has 1 N–H and O–H groups in total. The first-order valence-electron chi connectivity index (χ1n) is 5.23. The summed E-state index contributed by atoms with van der Waals surface area (Å²) in [4.78, 5) is 2.41. The number of hydrogen-bond donors (Lipinski definition) is 1. The van der Waals surface area contributed by atoms with Crippen LogP contribution in [0.1, 0.15) is 6.42 Å². The Morgan fingerprint density at radius 2 is 2.07 bits per heavy atom. The fourth-order valence-corrected chi connectivity index (χ4v) is 2.15. The van der Waals surface area contributed by atoms with Crippen molar-refractivity contribution >= 4 is 0 Å². The maximum Gasteiger partial charge on any atom is 0.144 e. The number of hydrogen-bond acceptors (Lipinski definition) is 3. The first-order chi connectivity index (χ1) is 6.87. The van der Waals surface area contributed by atoms with Crippen LogP contribution in [0.25, 0.3) is 0 Å². The third-order valence-corrected chi connectivity index (χ3v) is 3.02. The molecule has 0 saturated carbocycles. The highest BCUT2D eigenvalue weighted by Gasteiger charge is 2.34. The van der Waals surface area contributed by atoms with Crippen LogP contribution in [0.2, 0.25) is 0 Å². The van der Waals surface area contributed by atoms with E-state index in [9.17, 15) is 0 Å². The van der Waals surface area contributed by atoms with Gasteiger partial charge in [0.2, 0.25) is 0 Å². The van der Waals surface area contributed by atoms with Gasteiger partial charge in [-0.25, -0.2) is 0 Å². The van der Waals surface area contributed by atoms with E-state index in [1.807, 2.05) is 0 Å². The van der Waals surface area contributed by atoms with Crippen LogP contribution in [0.5, 0.6) is 0 Å². The average molecular weight is 194 g/mol. The molecule has 0 aromatic carbocycles. The van der Waals surface area contributed by atoms with Crippen LogP contribution in [0.4, 0.5) is 0 Å². The van der Waals surface area contributed by atoms with E-state index >= 15 is 0 Å². The highest BCUT2D eigenvalue weighted by Crippen LogP contribution is 2.26. The molecule has 1 fully saturated rings. The van der Waals surface area contributed by atoms with Crippen LogP contribution in [-0.2, 0) is 4.74 Å². The molecule has 0 aromatic rings. The summed E-state index contributed by atoms with van der Waals surface area (Å²) in [7, 11) is 1.80. The predicted octanol–water partition coefficient (Wildman–Crippen LogP) is 0.750. The van der Waals surface area contributed by atoms with E-state index in [4.69, 9.17) is 4.74 Å². The van der Waals surface area contributed by atoms with Crippen molar-refractivity contribution < 1.29 is 4.74 Å². The standard InChI is InChI=1S/C11H18N2O/c1-14-11(5-3-2-4-6-11)13-9-7-12-8-10-13/h2-5,12H,6-10H2,1H3. The summed E-state index contributed by atoms with van der Waals surface area (Å²) in [5.74, 6) is 0. The Kier molecular flexibility index (Phi) is 3.01. The normalized spacial score (nSPS) is 33.5. The molecule has 1 aliphatic carbocycles. The molecule has 0 radical (unpaired) electrons. The van der Waals surface area contributed by atoms with Gasteiger partial charge < -0.3 is 10.1 Å². The zero-order chi connectivity index (χ0) is 9.86. The number of piperazine rings is 1. The number of rotatable bonds is 2. The highest BCUT2D eigenvalue weighted by molar-refractivity contribution is 5.18. The van der Waals surface area contributed by atoms with Crippen LogP contribution in [0, 0.1) is 0 Å². The van der Waals surface area contributed by atoms with Gasteiger partial charge in [-0.2, -0.15) is 0 Å². The molecule has 1 unspecified atom stereocenters. The lowest BCUT2D eigenvalue weighted by Crippen LogP contribution is -2.56. The molecule has 14 heavy (non-hydrogen) atoms. The second kappa shape index (κ2) is 4.26. The topological polar surface area (TPSA) is 24.5 Å². The Bertz CT molecular complexity index is 244. The van der Waals surface area contributed by atoms with Crippen molar-refractivity contribution in [1.29, 1.82) is 0 Å². The molecule has 1 atom stereocenters. The Morgan fingerprint density at radius 3 is 2.64 bits per heavy atom. The summed E-state index contributed by atoms with van der Waals surface area (Å²) in [5.41, 5.74) is -0.184. The molecule has 0 spiro atoms. The molecule has 78 valence electrons. The largest absolute Gasteiger partial charge is 0.360 e. The Balaban J connectivity index is 2.10. The van der Waals surface area contributed by atoms with Crippen molar-refractivity contribution in [2.75, 3.05) is 33.3 Å². The number of methoxy groups -OCH3 is 1. The third-order valence-electron chi connectivity index (χ3n) is 3.02. The fraction of sp³-hybridized carbons (Fsp3) is 0.636. The predicted molar refractivity (Wildman–Crippen MR) is 57.1 cm³/mol. The van der Waals surface area contributed by atoms with Gasteiger partial charge in [0, 0.05) is 39.7 Å². The molecule has 1 aliphatic heterocycles. The lowest BCUT2D eigenvalue weighted by Gasteiger charge is -2.43. The quantitative estimate of drug-likeness (QED) is 0.702. The lowest BCUT2D eigenvalue weighted by atomic mass is 10.0. The SMILES string of the molecule is COC1(N2CCNCC2)C=CC=CC1. The molecule has 1 heterocycles. The third kappa shape index (κ3) is 1.75. The van der Waals surface area contributed by atoms with Gasteiger partial charge in [-0.3, -0.25) is 4.90 Å². The smallest absolute Gasteiger partial charge is 0.144 e.